The van der Waals surface area contributed by atoms with Gasteiger partial charge in [0.2, 0.25) is 5.75 Å². The van der Waals surface area contributed by atoms with Gasteiger partial charge in [0.05, 0.1) is 20.3 Å². The Hall–Kier alpha value is -1.31. The van der Waals surface area contributed by atoms with Crippen molar-refractivity contribution in [1.82, 2.24) is 0 Å². The minimum atomic E-state index is -3.48. The number of alkyl halides is 2. The van der Waals surface area contributed by atoms with Crippen LogP contribution in [0.1, 0.15) is 11.6 Å². The van der Waals surface area contributed by atoms with Crippen molar-refractivity contribution in [3.63, 3.8) is 0 Å². The Morgan fingerprint density at radius 3 is 2.00 bits per heavy atom. The number of hydrogen-bond acceptors (Lipinski definition) is 5. The van der Waals surface area contributed by atoms with E-state index >= 15 is 0 Å². The Labute approximate surface area is 115 Å². The number of methoxy groups -OCH3 is 2. The molecule has 0 radical (unpaired) electrons. The molecule has 0 unspecified atom stereocenters. The van der Waals surface area contributed by atoms with Gasteiger partial charge in [-0.1, -0.05) is 0 Å². The normalized spacial score (nSPS) is 12.5. The second-order valence-electron chi connectivity index (χ2n) is 3.67. The maximum absolute atomic E-state index is 13.3. The van der Waals surface area contributed by atoms with Crippen LogP contribution in [0.2, 0.25) is 0 Å². The molecule has 0 spiro atoms. The summed E-state index contributed by atoms with van der Waals surface area (Å²) in [4.78, 5) is 0. The molecule has 19 heavy (non-hydrogen) atoms. The van der Waals surface area contributed by atoms with Gasteiger partial charge in [0.25, 0.3) is 5.92 Å². The molecule has 0 saturated carbocycles. The van der Waals surface area contributed by atoms with Gasteiger partial charge in [0, 0.05) is 0 Å². The zero-order valence-electron chi connectivity index (χ0n) is 10.4. The number of benzene rings is 1. The average molecular weight is 300 g/mol. The van der Waals surface area contributed by atoms with E-state index in [-0.39, 0.29) is 35.2 Å². The monoisotopic (exact) mass is 299 g/mol. The molecule has 4 N–H and O–H groups in total. The lowest BCUT2D eigenvalue weighted by molar-refractivity contribution is -0.0712. The molecule has 1 rings (SSSR count). The first-order valence-corrected chi connectivity index (χ1v) is 5.06. The number of nitrogens with two attached hydrogens (primary N) is 1. The van der Waals surface area contributed by atoms with Gasteiger partial charge in [-0.3, -0.25) is 0 Å². The Morgan fingerprint density at radius 1 is 1.26 bits per heavy atom. The van der Waals surface area contributed by atoms with Gasteiger partial charge in [-0.2, -0.15) is 0 Å². The number of ether oxygens (including phenoxy) is 2. The van der Waals surface area contributed by atoms with Gasteiger partial charge >= 0.3 is 0 Å². The molecule has 0 saturated heterocycles. The Bertz CT molecular complexity index is 406. The topological polar surface area (TPSA) is 84.9 Å². The van der Waals surface area contributed by atoms with Crippen LogP contribution in [0.5, 0.6) is 17.2 Å². The van der Waals surface area contributed by atoms with Crippen LogP contribution in [0.15, 0.2) is 12.1 Å². The van der Waals surface area contributed by atoms with E-state index in [9.17, 15) is 13.9 Å². The predicted octanol–water partition coefficient (Wildman–Crippen LogP) is 1.46. The highest BCUT2D eigenvalue weighted by molar-refractivity contribution is 5.85. The molecule has 1 aromatic rings. The number of aromatic hydroxyl groups is 1. The van der Waals surface area contributed by atoms with Crippen molar-refractivity contribution < 1.29 is 28.5 Å². The van der Waals surface area contributed by atoms with Crippen molar-refractivity contribution in [1.29, 1.82) is 0 Å². The van der Waals surface area contributed by atoms with Crippen LogP contribution in [0.25, 0.3) is 0 Å². The molecule has 8 heteroatoms. The van der Waals surface area contributed by atoms with Crippen molar-refractivity contribution in [3.05, 3.63) is 17.7 Å². The molecular weight excluding hydrogens is 284 g/mol. The zero-order chi connectivity index (χ0) is 13.9. The van der Waals surface area contributed by atoms with E-state index < -0.39 is 18.6 Å². The van der Waals surface area contributed by atoms with Crippen molar-refractivity contribution in [3.8, 4) is 17.2 Å². The lowest BCUT2D eigenvalue weighted by atomic mass is 10.0. The van der Waals surface area contributed by atoms with Crippen LogP contribution in [0, 0.1) is 0 Å². The average Bonchev–Trinajstić information content (AvgIpc) is 2.38. The maximum atomic E-state index is 13.3. The number of phenolic OH excluding ortho intramolecular Hbond substituents is 1. The summed E-state index contributed by atoms with van der Waals surface area (Å²) >= 11 is 0. The first-order chi connectivity index (χ1) is 8.37. The molecule has 0 heterocycles. The number of aliphatic hydroxyl groups is 1. The molecule has 0 aliphatic rings. The molecular formula is C11H16ClF2NO4. The van der Waals surface area contributed by atoms with E-state index in [4.69, 9.17) is 20.3 Å². The molecule has 1 aromatic carbocycles. The van der Waals surface area contributed by atoms with Gasteiger partial charge in [-0.05, 0) is 17.7 Å². The summed E-state index contributed by atoms with van der Waals surface area (Å²) in [7, 11) is 2.54. The van der Waals surface area contributed by atoms with E-state index in [2.05, 4.69) is 0 Å². The van der Waals surface area contributed by atoms with E-state index in [1.165, 1.54) is 26.4 Å². The van der Waals surface area contributed by atoms with Gasteiger partial charge < -0.3 is 25.4 Å². The smallest absolute Gasteiger partial charge is 0.289 e. The van der Waals surface area contributed by atoms with Gasteiger partial charge in [0.15, 0.2) is 11.5 Å². The summed E-state index contributed by atoms with van der Waals surface area (Å²) in [5.41, 5.74) is 5.36. The lowest BCUT2D eigenvalue weighted by Gasteiger charge is -2.22. The zero-order valence-corrected chi connectivity index (χ0v) is 11.2. The lowest BCUT2D eigenvalue weighted by Crippen LogP contribution is -2.36. The van der Waals surface area contributed by atoms with E-state index in [1.807, 2.05) is 0 Å². The van der Waals surface area contributed by atoms with E-state index in [0.29, 0.717) is 0 Å². The number of halogens is 3. The van der Waals surface area contributed by atoms with Crippen molar-refractivity contribution in [2.45, 2.75) is 12.0 Å². The summed E-state index contributed by atoms with van der Waals surface area (Å²) in [6.45, 7) is -1.38. The second-order valence-corrected chi connectivity index (χ2v) is 3.67. The molecule has 0 aliphatic heterocycles. The highest BCUT2D eigenvalue weighted by Crippen LogP contribution is 2.40. The number of hydrogen-bond donors (Lipinski definition) is 3. The molecule has 0 aromatic heterocycles. The fourth-order valence-corrected chi connectivity index (χ4v) is 1.44. The van der Waals surface area contributed by atoms with Crippen LogP contribution in [-0.4, -0.2) is 37.0 Å². The number of rotatable bonds is 5. The molecule has 0 aliphatic carbocycles. The summed E-state index contributed by atoms with van der Waals surface area (Å²) in [6.07, 6.45) is 0. The molecule has 110 valence electrons. The van der Waals surface area contributed by atoms with Crippen molar-refractivity contribution in [2.75, 3.05) is 20.8 Å². The molecule has 0 amide bonds. The minimum Gasteiger partial charge on any atom is -0.502 e. The maximum Gasteiger partial charge on any atom is 0.289 e. The summed E-state index contributed by atoms with van der Waals surface area (Å²) in [6, 6.07) is 0.615. The van der Waals surface area contributed by atoms with Crippen LogP contribution >= 0.6 is 12.4 Å². The molecule has 0 bridgehead atoms. The first kappa shape index (κ1) is 17.7. The quantitative estimate of drug-likeness (QED) is 0.766. The minimum absolute atomic E-state index is 0. The third-order valence-corrected chi connectivity index (χ3v) is 2.53. The van der Waals surface area contributed by atoms with Crippen LogP contribution in [0.3, 0.4) is 0 Å². The third-order valence-electron chi connectivity index (χ3n) is 2.53. The SMILES string of the molecule is COc1cc([C@H](N)C(F)(F)CO)cc(OC)c1O.Cl. The summed E-state index contributed by atoms with van der Waals surface area (Å²) in [5.74, 6) is -3.85. The fourth-order valence-electron chi connectivity index (χ4n) is 1.44. The Morgan fingerprint density at radius 2 is 1.68 bits per heavy atom. The summed E-state index contributed by atoms with van der Waals surface area (Å²) in [5, 5.41) is 18.2. The van der Waals surface area contributed by atoms with E-state index in [0.717, 1.165) is 0 Å². The van der Waals surface area contributed by atoms with Crippen LogP contribution in [-0.2, 0) is 0 Å². The number of aliphatic hydroxyl groups excluding tert-OH is 1. The van der Waals surface area contributed by atoms with Gasteiger partial charge in [-0.25, -0.2) is 8.78 Å². The molecule has 0 fully saturated rings. The highest BCUT2D eigenvalue weighted by atomic mass is 35.5. The first-order valence-electron chi connectivity index (χ1n) is 5.06. The predicted molar refractivity (Wildman–Crippen MR) is 67.4 cm³/mol. The van der Waals surface area contributed by atoms with Crippen molar-refractivity contribution in [2.24, 2.45) is 5.73 Å². The van der Waals surface area contributed by atoms with Gasteiger partial charge in [-0.15, -0.1) is 12.4 Å². The molecule has 5 nitrogen and oxygen atoms in total. The van der Waals surface area contributed by atoms with E-state index in [1.54, 1.807) is 0 Å². The van der Waals surface area contributed by atoms with Gasteiger partial charge in [0.1, 0.15) is 6.61 Å². The number of phenols is 1. The largest absolute Gasteiger partial charge is 0.502 e. The second kappa shape index (κ2) is 6.74. The van der Waals surface area contributed by atoms with Crippen molar-refractivity contribution >= 4 is 12.4 Å². The van der Waals surface area contributed by atoms with Crippen LogP contribution in [0.4, 0.5) is 8.78 Å². The Kier molecular flexibility index (Phi) is 6.28. The van der Waals surface area contributed by atoms with Crippen LogP contribution < -0.4 is 15.2 Å². The fraction of sp³-hybridized carbons (Fsp3) is 0.455. The standard InChI is InChI=1S/C11H15F2NO4.ClH/c1-17-7-3-6(4-8(18-2)9(7)16)10(14)11(12,13)5-15;/h3-4,10,15-16H,5,14H2,1-2H3;1H/t10-;/m0./s1. The third kappa shape index (κ3) is 3.59. The Balaban J connectivity index is 0.00000324. The molecule has 1 atom stereocenters. The summed E-state index contributed by atoms with van der Waals surface area (Å²) < 4.78 is 36.2. The highest BCUT2D eigenvalue weighted by Gasteiger charge is 2.38.